The molecule has 1 aromatic heterocycles. The van der Waals surface area contributed by atoms with Gasteiger partial charge in [0.1, 0.15) is 18.1 Å². The van der Waals surface area contributed by atoms with Crippen molar-refractivity contribution in [2.24, 2.45) is 0 Å². The molecule has 4 aromatic rings. The summed E-state index contributed by atoms with van der Waals surface area (Å²) in [6.07, 6.45) is 3.03. The van der Waals surface area contributed by atoms with Crippen molar-refractivity contribution in [2.75, 3.05) is 45.9 Å². The summed E-state index contributed by atoms with van der Waals surface area (Å²) in [7, 11) is 0. The molecule has 0 bridgehead atoms. The Labute approximate surface area is 260 Å². The smallest absolute Gasteiger partial charge is 0.253 e. The van der Waals surface area contributed by atoms with Crippen LogP contribution in [0.1, 0.15) is 41.8 Å². The highest BCUT2D eigenvalue weighted by atomic mass is 35.5. The number of amides is 1. The zero-order chi connectivity index (χ0) is 30.2. The van der Waals surface area contributed by atoms with Gasteiger partial charge in [-0.1, -0.05) is 53.6 Å². The van der Waals surface area contributed by atoms with Crippen LogP contribution in [0.3, 0.4) is 0 Å². The van der Waals surface area contributed by atoms with Crippen LogP contribution < -0.4 is 14.8 Å². The molecule has 1 aliphatic heterocycles. The second-order valence-corrected chi connectivity index (χ2v) is 12.0. The Balaban J connectivity index is 1.16. The lowest BCUT2D eigenvalue weighted by molar-refractivity contribution is 0.0952. The largest absolute Gasteiger partial charge is 0.492 e. The van der Waals surface area contributed by atoms with Gasteiger partial charge in [0.2, 0.25) is 0 Å². The highest BCUT2D eigenvalue weighted by Gasteiger charge is 2.20. The van der Waals surface area contributed by atoms with Gasteiger partial charge in [-0.2, -0.15) is 0 Å². The van der Waals surface area contributed by atoms with Crippen molar-refractivity contribution in [1.82, 2.24) is 19.7 Å². The fourth-order valence-electron chi connectivity index (χ4n) is 5.66. The minimum Gasteiger partial charge on any atom is -0.492 e. The van der Waals surface area contributed by atoms with E-state index in [4.69, 9.17) is 21.1 Å². The number of halogens is 1. The standard InChI is InChI=1S/C35H43ClN4O3/c1-26(2)43-33-10-5-9-31-32(35(41)37-24-28-8-4-7-27(3)23-28)25-40(34(31)33)16-6-15-38-17-19-39(20-18-38)21-22-42-30-13-11-29(36)12-14-30/h4-5,7-14,23,25-26H,6,15-22,24H2,1-3H3,(H,37,41). The lowest BCUT2D eigenvalue weighted by Gasteiger charge is -2.34. The number of piperazine rings is 1. The zero-order valence-corrected chi connectivity index (χ0v) is 26.3. The lowest BCUT2D eigenvalue weighted by Crippen LogP contribution is -2.47. The summed E-state index contributed by atoms with van der Waals surface area (Å²) in [5.74, 6) is 1.61. The lowest BCUT2D eigenvalue weighted by atomic mass is 10.1. The molecule has 3 aromatic carbocycles. The van der Waals surface area contributed by atoms with Crippen molar-refractivity contribution in [3.8, 4) is 11.5 Å². The molecule has 0 saturated carbocycles. The van der Waals surface area contributed by atoms with Crippen molar-refractivity contribution >= 4 is 28.4 Å². The number of hydrogen-bond acceptors (Lipinski definition) is 5. The summed E-state index contributed by atoms with van der Waals surface area (Å²) in [4.78, 5) is 18.4. The van der Waals surface area contributed by atoms with E-state index in [2.05, 4.69) is 38.7 Å². The summed E-state index contributed by atoms with van der Waals surface area (Å²) in [5, 5.41) is 4.77. The van der Waals surface area contributed by atoms with E-state index in [1.165, 1.54) is 5.56 Å². The van der Waals surface area contributed by atoms with Gasteiger partial charge in [0, 0.05) is 62.4 Å². The van der Waals surface area contributed by atoms with Crippen LogP contribution in [-0.2, 0) is 13.1 Å². The zero-order valence-electron chi connectivity index (χ0n) is 25.5. The van der Waals surface area contributed by atoms with Gasteiger partial charge < -0.3 is 24.3 Å². The van der Waals surface area contributed by atoms with E-state index in [0.29, 0.717) is 18.7 Å². The van der Waals surface area contributed by atoms with Gasteiger partial charge in [0.05, 0.1) is 17.2 Å². The van der Waals surface area contributed by atoms with E-state index in [-0.39, 0.29) is 12.0 Å². The molecule has 0 unspecified atom stereocenters. The monoisotopic (exact) mass is 602 g/mol. The van der Waals surface area contributed by atoms with Gasteiger partial charge in [-0.3, -0.25) is 9.69 Å². The molecule has 43 heavy (non-hydrogen) atoms. The fraction of sp³-hybridized carbons (Fsp3) is 0.400. The Hall–Kier alpha value is -3.52. The number of para-hydroxylation sites is 1. The van der Waals surface area contributed by atoms with E-state index < -0.39 is 0 Å². The van der Waals surface area contributed by atoms with Gasteiger partial charge >= 0.3 is 0 Å². The van der Waals surface area contributed by atoms with Gasteiger partial charge in [0.25, 0.3) is 5.91 Å². The Morgan fingerprint density at radius 1 is 0.930 bits per heavy atom. The number of carbonyl (C=O) groups is 1. The van der Waals surface area contributed by atoms with E-state index in [1.54, 1.807) is 0 Å². The molecule has 0 aliphatic carbocycles. The number of hydrogen-bond donors (Lipinski definition) is 1. The highest BCUT2D eigenvalue weighted by molar-refractivity contribution is 6.30. The van der Waals surface area contributed by atoms with Crippen LogP contribution in [0.4, 0.5) is 0 Å². The molecule has 1 saturated heterocycles. The number of ether oxygens (including phenoxy) is 2. The summed E-state index contributed by atoms with van der Waals surface area (Å²) in [6.45, 7) is 14.2. The first-order chi connectivity index (χ1) is 20.9. The molecule has 0 atom stereocenters. The third kappa shape index (κ3) is 8.53. The number of benzene rings is 3. The van der Waals surface area contributed by atoms with Gasteiger partial charge in [-0.25, -0.2) is 0 Å². The van der Waals surface area contributed by atoms with Crippen molar-refractivity contribution in [3.05, 3.63) is 94.6 Å². The summed E-state index contributed by atoms with van der Waals surface area (Å²) < 4.78 is 14.3. The average molecular weight is 603 g/mol. The van der Waals surface area contributed by atoms with Crippen LogP contribution in [-0.4, -0.2) is 72.3 Å². The molecule has 228 valence electrons. The van der Waals surface area contributed by atoms with E-state index in [1.807, 2.05) is 74.6 Å². The van der Waals surface area contributed by atoms with Gasteiger partial charge in [-0.15, -0.1) is 0 Å². The maximum Gasteiger partial charge on any atom is 0.253 e. The molecule has 1 N–H and O–H groups in total. The molecular weight excluding hydrogens is 560 g/mol. The summed E-state index contributed by atoms with van der Waals surface area (Å²) in [6, 6.07) is 21.8. The van der Waals surface area contributed by atoms with E-state index in [9.17, 15) is 4.79 Å². The first kappa shape index (κ1) is 30.9. The molecule has 1 amide bonds. The highest BCUT2D eigenvalue weighted by Crippen LogP contribution is 2.31. The quantitative estimate of drug-likeness (QED) is 0.192. The maximum atomic E-state index is 13.4. The van der Waals surface area contributed by atoms with Crippen LogP contribution in [0.25, 0.3) is 10.9 Å². The normalized spacial score (nSPS) is 14.3. The van der Waals surface area contributed by atoms with Gasteiger partial charge in [-0.05, 0) is 69.6 Å². The second-order valence-electron chi connectivity index (χ2n) is 11.6. The molecular formula is C35H43ClN4O3. The third-order valence-corrected chi connectivity index (χ3v) is 8.08. The molecule has 5 rings (SSSR count). The number of rotatable bonds is 13. The Morgan fingerprint density at radius 3 is 2.37 bits per heavy atom. The number of carbonyl (C=O) groups excluding carboxylic acids is 1. The van der Waals surface area contributed by atoms with E-state index >= 15 is 0 Å². The number of aromatic nitrogens is 1. The summed E-state index contributed by atoms with van der Waals surface area (Å²) >= 11 is 5.96. The van der Waals surface area contributed by atoms with Crippen LogP contribution in [0.15, 0.2) is 72.9 Å². The van der Waals surface area contributed by atoms with Gasteiger partial charge in [0.15, 0.2) is 0 Å². The van der Waals surface area contributed by atoms with Crippen molar-refractivity contribution in [2.45, 2.75) is 46.4 Å². The van der Waals surface area contributed by atoms with Crippen LogP contribution in [0.2, 0.25) is 5.02 Å². The van der Waals surface area contributed by atoms with Crippen molar-refractivity contribution in [3.63, 3.8) is 0 Å². The minimum absolute atomic E-state index is 0.0421. The number of nitrogens with zero attached hydrogens (tertiary/aromatic N) is 3. The third-order valence-electron chi connectivity index (χ3n) is 7.83. The van der Waals surface area contributed by atoms with Crippen LogP contribution in [0, 0.1) is 6.92 Å². The number of fused-ring (bicyclic) bond motifs is 1. The van der Waals surface area contributed by atoms with E-state index in [0.717, 1.165) is 85.2 Å². The molecule has 0 radical (unpaired) electrons. The van der Waals surface area contributed by atoms with Crippen LogP contribution >= 0.6 is 11.6 Å². The average Bonchev–Trinajstić information content (AvgIpc) is 3.37. The Kier molecular flexibility index (Phi) is 10.6. The predicted molar refractivity (Wildman–Crippen MR) is 174 cm³/mol. The number of aryl methyl sites for hydroxylation is 2. The Bertz CT molecular complexity index is 1490. The first-order valence-corrected chi connectivity index (χ1v) is 15.7. The second kappa shape index (κ2) is 14.8. The fourth-order valence-corrected chi connectivity index (χ4v) is 5.78. The predicted octanol–water partition coefficient (Wildman–Crippen LogP) is 6.41. The number of nitrogens with one attached hydrogen (secondary N) is 1. The Morgan fingerprint density at radius 2 is 1.65 bits per heavy atom. The first-order valence-electron chi connectivity index (χ1n) is 15.3. The topological polar surface area (TPSA) is 59.0 Å². The SMILES string of the molecule is Cc1cccc(CNC(=O)c2cn(CCCN3CCN(CCOc4ccc(Cl)cc4)CC3)c3c(OC(C)C)cccc23)c1. The maximum absolute atomic E-state index is 13.4. The molecule has 0 spiro atoms. The van der Waals surface area contributed by atoms with Crippen molar-refractivity contribution < 1.29 is 14.3 Å². The molecule has 7 nitrogen and oxygen atoms in total. The molecule has 1 fully saturated rings. The van der Waals surface area contributed by atoms with Crippen LogP contribution in [0.5, 0.6) is 11.5 Å². The van der Waals surface area contributed by atoms with Crippen molar-refractivity contribution in [1.29, 1.82) is 0 Å². The summed E-state index contributed by atoms with van der Waals surface area (Å²) in [5.41, 5.74) is 3.95. The minimum atomic E-state index is -0.0666. The molecule has 2 heterocycles. The molecule has 8 heteroatoms. The molecule has 1 aliphatic rings.